The van der Waals surface area contributed by atoms with Crippen LogP contribution in [0.25, 0.3) is 0 Å². The number of likely N-dealkylation sites (N-methyl/N-ethyl adjacent to an activating group) is 1. The van der Waals surface area contributed by atoms with Gasteiger partial charge in [0, 0.05) is 12.6 Å². The van der Waals surface area contributed by atoms with Crippen molar-refractivity contribution < 1.29 is 4.74 Å². The minimum absolute atomic E-state index is 0.633. The maximum absolute atomic E-state index is 5.93. The van der Waals surface area contributed by atoms with Gasteiger partial charge >= 0.3 is 0 Å². The van der Waals surface area contributed by atoms with E-state index in [0.717, 1.165) is 31.6 Å². The van der Waals surface area contributed by atoms with E-state index in [1.807, 2.05) is 0 Å². The van der Waals surface area contributed by atoms with Crippen LogP contribution in [0.4, 0.5) is 0 Å². The summed E-state index contributed by atoms with van der Waals surface area (Å²) in [6.07, 6.45) is 9.90. The van der Waals surface area contributed by atoms with Crippen molar-refractivity contribution in [1.82, 2.24) is 5.32 Å². The first-order chi connectivity index (χ1) is 7.90. The molecule has 2 heteroatoms. The van der Waals surface area contributed by atoms with Gasteiger partial charge in [0.15, 0.2) is 0 Å². The Morgan fingerprint density at radius 3 is 2.50 bits per heavy atom. The second-order valence-corrected chi connectivity index (χ2v) is 5.54. The van der Waals surface area contributed by atoms with Crippen molar-refractivity contribution in [3.05, 3.63) is 0 Å². The molecule has 1 atom stereocenters. The van der Waals surface area contributed by atoms with Gasteiger partial charge in [-0.2, -0.15) is 0 Å². The van der Waals surface area contributed by atoms with Crippen LogP contribution in [0.2, 0.25) is 0 Å². The lowest BCUT2D eigenvalue weighted by Gasteiger charge is -2.23. The molecule has 94 valence electrons. The molecule has 0 amide bonds. The van der Waals surface area contributed by atoms with Crippen LogP contribution < -0.4 is 5.32 Å². The fourth-order valence-corrected chi connectivity index (χ4v) is 2.84. The fraction of sp³-hybridized carbons (Fsp3) is 1.00. The summed E-state index contributed by atoms with van der Waals surface area (Å²) < 4.78 is 5.93. The van der Waals surface area contributed by atoms with Crippen LogP contribution in [-0.4, -0.2) is 25.8 Å². The van der Waals surface area contributed by atoms with Gasteiger partial charge in [-0.3, -0.25) is 0 Å². The summed E-state index contributed by atoms with van der Waals surface area (Å²) in [4.78, 5) is 0. The van der Waals surface area contributed by atoms with Crippen LogP contribution in [-0.2, 0) is 4.74 Å². The second-order valence-electron chi connectivity index (χ2n) is 5.54. The van der Waals surface area contributed by atoms with Gasteiger partial charge in [-0.05, 0) is 44.1 Å². The number of hydrogen-bond acceptors (Lipinski definition) is 2. The molecule has 2 aliphatic carbocycles. The summed E-state index contributed by atoms with van der Waals surface area (Å²) in [5.41, 5.74) is 0. The largest absolute Gasteiger partial charge is 0.380 e. The normalized spacial score (nSPS) is 24.6. The molecule has 2 fully saturated rings. The molecule has 0 radical (unpaired) electrons. The lowest BCUT2D eigenvalue weighted by molar-refractivity contribution is 0.0657. The molecule has 16 heavy (non-hydrogen) atoms. The number of hydrogen-bond donors (Lipinski definition) is 1. The molecule has 0 heterocycles. The molecule has 0 bridgehead atoms. The van der Waals surface area contributed by atoms with Crippen molar-refractivity contribution in [1.29, 1.82) is 0 Å². The molecule has 1 N–H and O–H groups in total. The maximum atomic E-state index is 5.93. The lowest BCUT2D eigenvalue weighted by Crippen LogP contribution is -2.35. The summed E-state index contributed by atoms with van der Waals surface area (Å²) in [5.74, 6) is 1.77. The molecule has 0 saturated heterocycles. The zero-order valence-corrected chi connectivity index (χ0v) is 10.7. The first-order valence-corrected chi connectivity index (χ1v) is 7.21. The predicted molar refractivity (Wildman–Crippen MR) is 67.6 cm³/mol. The molecule has 1 unspecified atom stereocenters. The van der Waals surface area contributed by atoms with E-state index < -0.39 is 0 Å². The van der Waals surface area contributed by atoms with Gasteiger partial charge in [0.1, 0.15) is 0 Å². The molecule has 0 aromatic rings. The van der Waals surface area contributed by atoms with Crippen molar-refractivity contribution in [3.63, 3.8) is 0 Å². The molecule has 0 spiro atoms. The molecule has 2 saturated carbocycles. The van der Waals surface area contributed by atoms with E-state index in [4.69, 9.17) is 4.74 Å². The average Bonchev–Trinajstić information content (AvgIpc) is 3.13. The summed E-state index contributed by atoms with van der Waals surface area (Å²) in [6, 6.07) is 0.633. The molecule has 0 aromatic heterocycles. The van der Waals surface area contributed by atoms with Crippen LogP contribution in [0, 0.1) is 11.8 Å². The predicted octanol–water partition coefficient (Wildman–Crippen LogP) is 2.97. The summed E-state index contributed by atoms with van der Waals surface area (Å²) in [7, 11) is 0. The lowest BCUT2D eigenvalue weighted by atomic mass is 9.90. The standard InChI is InChI=1S/C14H27NO/c1-2-15-14(13-8-9-13)11-16-10-12-6-4-3-5-7-12/h12-15H,2-11H2,1H3. The monoisotopic (exact) mass is 225 g/mol. The van der Waals surface area contributed by atoms with Crippen LogP contribution in [0.1, 0.15) is 51.9 Å². The van der Waals surface area contributed by atoms with Crippen molar-refractivity contribution >= 4 is 0 Å². The van der Waals surface area contributed by atoms with Gasteiger partial charge in [-0.25, -0.2) is 0 Å². The van der Waals surface area contributed by atoms with Crippen LogP contribution in [0.15, 0.2) is 0 Å². The smallest absolute Gasteiger partial charge is 0.0622 e. The summed E-state index contributed by atoms with van der Waals surface area (Å²) in [6.45, 7) is 5.22. The molecular weight excluding hydrogens is 198 g/mol. The Hall–Kier alpha value is -0.0800. The van der Waals surface area contributed by atoms with E-state index >= 15 is 0 Å². The molecule has 0 aromatic carbocycles. The molecule has 2 nitrogen and oxygen atoms in total. The Balaban J connectivity index is 1.57. The van der Waals surface area contributed by atoms with E-state index in [1.165, 1.54) is 44.9 Å². The highest BCUT2D eigenvalue weighted by atomic mass is 16.5. The number of rotatable bonds is 7. The fourth-order valence-electron chi connectivity index (χ4n) is 2.84. The zero-order valence-electron chi connectivity index (χ0n) is 10.7. The summed E-state index contributed by atoms with van der Waals surface area (Å²) in [5, 5.41) is 3.56. The Labute approximate surface area is 100 Å². The molecule has 2 aliphatic rings. The SMILES string of the molecule is CCNC(COCC1CCCCC1)C1CC1. The first-order valence-electron chi connectivity index (χ1n) is 7.21. The Bertz CT molecular complexity index is 185. The van der Waals surface area contributed by atoms with Crippen LogP contribution in [0.3, 0.4) is 0 Å². The highest BCUT2D eigenvalue weighted by molar-refractivity contribution is 4.86. The van der Waals surface area contributed by atoms with Crippen molar-refractivity contribution in [2.45, 2.75) is 57.9 Å². The highest BCUT2D eigenvalue weighted by Gasteiger charge is 2.30. The Morgan fingerprint density at radius 2 is 1.88 bits per heavy atom. The van der Waals surface area contributed by atoms with E-state index in [0.29, 0.717) is 6.04 Å². The maximum Gasteiger partial charge on any atom is 0.0622 e. The van der Waals surface area contributed by atoms with Gasteiger partial charge in [-0.15, -0.1) is 0 Å². The minimum Gasteiger partial charge on any atom is -0.380 e. The van der Waals surface area contributed by atoms with Gasteiger partial charge < -0.3 is 10.1 Å². The van der Waals surface area contributed by atoms with E-state index in [9.17, 15) is 0 Å². The first kappa shape index (κ1) is 12.4. The van der Waals surface area contributed by atoms with E-state index in [1.54, 1.807) is 0 Å². The van der Waals surface area contributed by atoms with Crippen molar-refractivity contribution in [2.24, 2.45) is 11.8 Å². The van der Waals surface area contributed by atoms with Gasteiger partial charge in [0.2, 0.25) is 0 Å². The van der Waals surface area contributed by atoms with Gasteiger partial charge in [-0.1, -0.05) is 26.2 Å². The van der Waals surface area contributed by atoms with Gasteiger partial charge in [0.25, 0.3) is 0 Å². The minimum atomic E-state index is 0.633. The third-order valence-corrected chi connectivity index (χ3v) is 4.03. The van der Waals surface area contributed by atoms with Crippen molar-refractivity contribution in [2.75, 3.05) is 19.8 Å². The Morgan fingerprint density at radius 1 is 1.12 bits per heavy atom. The zero-order chi connectivity index (χ0) is 11.2. The quantitative estimate of drug-likeness (QED) is 0.719. The highest BCUT2D eigenvalue weighted by Crippen LogP contribution is 2.33. The molecular formula is C14H27NO. The number of ether oxygens (including phenoxy) is 1. The molecule has 2 rings (SSSR count). The molecule has 0 aliphatic heterocycles. The van der Waals surface area contributed by atoms with E-state index in [-0.39, 0.29) is 0 Å². The topological polar surface area (TPSA) is 21.3 Å². The van der Waals surface area contributed by atoms with Gasteiger partial charge in [0.05, 0.1) is 6.61 Å². The van der Waals surface area contributed by atoms with Crippen LogP contribution in [0.5, 0.6) is 0 Å². The second kappa shape index (κ2) is 6.61. The third-order valence-electron chi connectivity index (χ3n) is 4.03. The van der Waals surface area contributed by atoms with E-state index in [2.05, 4.69) is 12.2 Å². The third kappa shape index (κ3) is 4.06. The number of nitrogens with one attached hydrogen (secondary N) is 1. The summed E-state index contributed by atoms with van der Waals surface area (Å²) >= 11 is 0. The Kier molecular flexibility index (Phi) is 5.11. The van der Waals surface area contributed by atoms with Crippen molar-refractivity contribution in [3.8, 4) is 0 Å². The average molecular weight is 225 g/mol. The van der Waals surface area contributed by atoms with Crippen LogP contribution >= 0.6 is 0 Å².